The number of aryl methyl sites for hydroxylation is 2. The van der Waals surface area contributed by atoms with Crippen molar-refractivity contribution < 1.29 is 14.3 Å². The number of carbonyl (C=O) groups is 2. The van der Waals surface area contributed by atoms with Crippen LogP contribution in [0.2, 0.25) is 0 Å². The highest BCUT2D eigenvalue weighted by Crippen LogP contribution is 2.25. The maximum absolute atomic E-state index is 13.4. The van der Waals surface area contributed by atoms with Crippen molar-refractivity contribution in [3.8, 4) is 5.75 Å². The van der Waals surface area contributed by atoms with Crippen LogP contribution < -0.4 is 20.3 Å². The van der Waals surface area contributed by atoms with Gasteiger partial charge in [0.2, 0.25) is 5.91 Å². The molecule has 0 fully saturated rings. The number of para-hydroxylation sites is 2. The minimum atomic E-state index is -0.654. The maximum Gasteiger partial charge on any atom is 0.260 e. The Morgan fingerprint density at radius 1 is 0.974 bits per heavy atom. The third-order valence-corrected chi connectivity index (χ3v) is 6.63. The van der Waals surface area contributed by atoms with Crippen molar-refractivity contribution in [2.24, 2.45) is 5.41 Å². The summed E-state index contributed by atoms with van der Waals surface area (Å²) < 4.78 is 5.94. The number of benzene rings is 3. The molecule has 0 aliphatic heterocycles. The van der Waals surface area contributed by atoms with Crippen molar-refractivity contribution in [3.05, 3.63) is 89.5 Å². The third kappa shape index (κ3) is 7.65. The van der Waals surface area contributed by atoms with Gasteiger partial charge < -0.3 is 20.3 Å². The van der Waals surface area contributed by atoms with E-state index in [0.717, 1.165) is 29.0 Å². The number of rotatable bonds is 10. The average molecular weight is 532 g/mol. The molecule has 0 spiro atoms. The Balaban J connectivity index is 1.58. The van der Waals surface area contributed by atoms with Crippen LogP contribution in [0.15, 0.2) is 72.8 Å². The van der Waals surface area contributed by atoms with Gasteiger partial charge in [-0.05, 0) is 87.3 Å². The van der Waals surface area contributed by atoms with Crippen LogP contribution in [0.1, 0.15) is 55.1 Å². The number of hydrogen-bond acceptors (Lipinski definition) is 4. The molecule has 7 heteroatoms. The molecule has 0 bridgehead atoms. The van der Waals surface area contributed by atoms with Crippen molar-refractivity contribution in [3.63, 3.8) is 0 Å². The van der Waals surface area contributed by atoms with E-state index in [2.05, 4.69) is 16.7 Å². The minimum Gasteiger partial charge on any atom is -0.493 e. The first kappa shape index (κ1) is 28.9. The highest BCUT2D eigenvalue weighted by molar-refractivity contribution is 7.80. The molecule has 2 N–H and O–H groups in total. The van der Waals surface area contributed by atoms with Crippen molar-refractivity contribution >= 4 is 40.5 Å². The van der Waals surface area contributed by atoms with E-state index in [1.807, 2.05) is 89.2 Å². The van der Waals surface area contributed by atoms with E-state index < -0.39 is 5.41 Å². The lowest BCUT2D eigenvalue weighted by atomic mass is 9.87. The minimum absolute atomic E-state index is 0.151. The Morgan fingerprint density at radius 3 is 2.37 bits per heavy atom. The zero-order chi connectivity index (χ0) is 27.7. The Labute approximate surface area is 231 Å². The summed E-state index contributed by atoms with van der Waals surface area (Å²) in [7, 11) is 0. The molecule has 38 heavy (non-hydrogen) atoms. The van der Waals surface area contributed by atoms with Gasteiger partial charge in [-0.15, -0.1) is 0 Å². The van der Waals surface area contributed by atoms with Crippen molar-refractivity contribution in [2.75, 3.05) is 23.4 Å². The van der Waals surface area contributed by atoms with Gasteiger partial charge in [-0.2, -0.15) is 0 Å². The summed E-state index contributed by atoms with van der Waals surface area (Å²) in [6.45, 7) is 10.8. The Bertz CT molecular complexity index is 1270. The number of amides is 2. The van der Waals surface area contributed by atoms with Crippen LogP contribution in [0.4, 0.5) is 11.4 Å². The SMILES string of the molecule is CCN(C(=O)c1ccccc1NC(=S)NC(=O)C(C)(C)CCCOc1cc(C)ccc1C)c1ccccc1. The van der Waals surface area contributed by atoms with Gasteiger partial charge in [0.1, 0.15) is 5.75 Å². The molecule has 3 aromatic rings. The molecule has 200 valence electrons. The van der Waals surface area contributed by atoms with E-state index in [4.69, 9.17) is 17.0 Å². The van der Waals surface area contributed by atoms with Crippen molar-refractivity contribution in [2.45, 2.75) is 47.5 Å². The lowest BCUT2D eigenvalue weighted by Crippen LogP contribution is -2.43. The monoisotopic (exact) mass is 531 g/mol. The lowest BCUT2D eigenvalue weighted by Gasteiger charge is -2.25. The molecule has 2 amide bonds. The first-order valence-corrected chi connectivity index (χ1v) is 13.3. The topological polar surface area (TPSA) is 70.7 Å². The quantitative estimate of drug-likeness (QED) is 0.226. The molecular formula is C31H37N3O3S. The highest BCUT2D eigenvalue weighted by atomic mass is 32.1. The van der Waals surface area contributed by atoms with Crippen molar-refractivity contribution in [1.29, 1.82) is 0 Å². The summed E-state index contributed by atoms with van der Waals surface area (Å²) in [5.74, 6) is 0.532. The average Bonchev–Trinajstić information content (AvgIpc) is 2.89. The van der Waals surface area contributed by atoms with Crippen LogP contribution >= 0.6 is 12.2 Å². The Hall–Kier alpha value is -3.71. The fourth-order valence-corrected chi connectivity index (χ4v) is 4.28. The lowest BCUT2D eigenvalue weighted by molar-refractivity contribution is -0.128. The molecule has 0 atom stereocenters. The summed E-state index contributed by atoms with van der Waals surface area (Å²) in [5.41, 5.74) is 3.41. The van der Waals surface area contributed by atoms with Crippen LogP contribution in [0, 0.1) is 19.3 Å². The van der Waals surface area contributed by atoms with Crippen LogP contribution in [-0.4, -0.2) is 30.1 Å². The Kier molecular flexibility index (Phi) is 10.0. The van der Waals surface area contributed by atoms with E-state index in [-0.39, 0.29) is 16.9 Å². The van der Waals surface area contributed by atoms with Crippen LogP contribution in [0.3, 0.4) is 0 Å². The normalized spacial score (nSPS) is 11.0. The fraction of sp³-hybridized carbons (Fsp3) is 0.323. The number of nitrogens with one attached hydrogen (secondary N) is 2. The number of anilines is 2. The molecule has 0 saturated heterocycles. The maximum atomic E-state index is 13.4. The number of ether oxygens (including phenoxy) is 1. The van der Waals surface area contributed by atoms with Gasteiger partial charge in [0.05, 0.1) is 17.9 Å². The summed E-state index contributed by atoms with van der Waals surface area (Å²) in [5, 5.41) is 6.00. The molecule has 0 radical (unpaired) electrons. The van der Waals surface area contributed by atoms with E-state index in [1.165, 1.54) is 0 Å². The standard InChI is InChI=1S/C31H37N3O3S/c1-6-34(24-13-8-7-9-14-24)28(35)25-15-10-11-16-26(25)32-30(38)33-29(36)31(4,5)19-12-20-37-27-21-22(2)17-18-23(27)3/h7-11,13-18,21H,6,12,19-20H2,1-5H3,(H2,32,33,36,38). The predicted octanol–water partition coefficient (Wildman–Crippen LogP) is 6.67. The first-order valence-electron chi connectivity index (χ1n) is 12.9. The molecular weight excluding hydrogens is 494 g/mol. The summed E-state index contributed by atoms with van der Waals surface area (Å²) >= 11 is 5.45. The molecule has 3 aromatic carbocycles. The second-order valence-corrected chi connectivity index (χ2v) is 10.4. The van der Waals surface area contributed by atoms with Gasteiger partial charge in [-0.3, -0.25) is 9.59 Å². The predicted molar refractivity (Wildman–Crippen MR) is 159 cm³/mol. The zero-order valence-electron chi connectivity index (χ0n) is 22.8. The molecule has 0 heterocycles. The molecule has 0 aliphatic rings. The van der Waals surface area contributed by atoms with Gasteiger partial charge in [-0.1, -0.05) is 56.3 Å². The zero-order valence-corrected chi connectivity index (χ0v) is 23.7. The molecule has 0 unspecified atom stereocenters. The van der Waals surface area contributed by atoms with E-state index in [1.54, 1.807) is 17.0 Å². The number of carbonyl (C=O) groups excluding carboxylic acids is 2. The van der Waals surface area contributed by atoms with Gasteiger partial charge in [0.15, 0.2) is 5.11 Å². The first-order chi connectivity index (χ1) is 18.1. The van der Waals surface area contributed by atoms with E-state index in [0.29, 0.717) is 30.8 Å². The van der Waals surface area contributed by atoms with Crippen molar-refractivity contribution in [1.82, 2.24) is 5.32 Å². The number of thiocarbonyl (C=S) groups is 1. The van der Waals surface area contributed by atoms with Gasteiger partial charge >= 0.3 is 0 Å². The summed E-state index contributed by atoms with van der Waals surface area (Å²) in [6, 6.07) is 22.8. The largest absolute Gasteiger partial charge is 0.493 e. The molecule has 3 rings (SSSR count). The fourth-order valence-electron chi connectivity index (χ4n) is 4.07. The van der Waals surface area contributed by atoms with Crippen LogP contribution in [0.5, 0.6) is 5.75 Å². The molecule has 0 aromatic heterocycles. The second kappa shape index (κ2) is 13.2. The van der Waals surface area contributed by atoms with Crippen LogP contribution in [0.25, 0.3) is 0 Å². The number of nitrogens with zero attached hydrogens (tertiary/aromatic N) is 1. The van der Waals surface area contributed by atoms with Gasteiger partial charge in [-0.25, -0.2) is 0 Å². The summed E-state index contributed by atoms with van der Waals surface area (Å²) in [4.78, 5) is 28.1. The van der Waals surface area contributed by atoms with Crippen LogP contribution in [-0.2, 0) is 4.79 Å². The molecule has 0 aliphatic carbocycles. The molecule has 6 nitrogen and oxygen atoms in total. The summed E-state index contributed by atoms with van der Waals surface area (Å²) in [6.07, 6.45) is 1.35. The van der Waals surface area contributed by atoms with Gasteiger partial charge in [0, 0.05) is 17.6 Å². The van der Waals surface area contributed by atoms with Gasteiger partial charge in [0.25, 0.3) is 5.91 Å². The Morgan fingerprint density at radius 2 is 1.66 bits per heavy atom. The van der Waals surface area contributed by atoms with E-state index >= 15 is 0 Å². The molecule has 0 saturated carbocycles. The highest BCUT2D eigenvalue weighted by Gasteiger charge is 2.28. The smallest absolute Gasteiger partial charge is 0.260 e. The number of hydrogen-bond donors (Lipinski definition) is 2. The second-order valence-electron chi connectivity index (χ2n) is 9.94. The van der Waals surface area contributed by atoms with E-state index in [9.17, 15) is 9.59 Å². The third-order valence-electron chi connectivity index (χ3n) is 6.42.